The standard InChI is InChI=1S/C16H20FN3/c1-2-9-19-15(14-4-3-10-20-16(14)18)11-12-5-7-13(17)8-6-12/h3-8,10,15,19H,2,9,11H2,1H3,(H2,18,20). The highest BCUT2D eigenvalue weighted by atomic mass is 19.1. The Hall–Kier alpha value is -1.94. The number of hydrogen-bond acceptors (Lipinski definition) is 3. The zero-order chi connectivity index (χ0) is 14.4. The highest BCUT2D eigenvalue weighted by molar-refractivity contribution is 5.41. The van der Waals surface area contributed by atoms with Gasteiger partial charge in [-0.05, 0) is 43.1 Å². The molecular formula is C16H20FN3. The summed E-state index contributed by atoms with van der Waals surface area (Å²) in [6.45, 7) is 3.02. The minimum Gasteiger partial charge on any atom is -0.383 e. The van der Waals surface area contributed by atoms with Crippen LogP contribution in [0.2, 0.25) is 0 Å². The molecule has 1 aromatic carbocycles. The first-order chi connectivity index (χ1) is 9.70. The van der Waals surface area contributed by atoms with Crippen LogP contribution < -0.4 is 11.1 Å². The van der Waals surface area contributed by atoms with Crippen molar-refractivity contribution in [2.24, 2.45) is 0 Å². The normalized spacial score (nSPS) is 12.3. The molecule has 0 aliphatic rings. The van der Waals surface area contributed by atoms with Crippen LogP contribution in [-0.2, 0) is 6.42 Å². The highest BCUT2D eigenvalue weighted by Gasteiger charge is 2.14. The second kappa shape index (κ2) is 7.01. The fourth-order valence-corrected chi connectivity index (χ4v) is 2.19. The van der Waals surface area contributed by atoms with E-state index in [-0.39, 0.29) is 11.9 Å². The zero-order valence-electron chi connectivity index (χ0n) is 11.6. The van der Waals surface area contributed by atoms with Gasteiger partial charge in [0.2, 0.25) is 0 Å². The number of nitrogens with zero attached hydrogens (tertiary/aromatic N) is 1. The number of halogens is 1. The molecule has 20 heavy (non-hydrogen) atoms. The van der Waals surface area contributed by atoms with Gasteiger partial charge in [-0.2, -0.15) is 0 Å². The van der Waals surface area contributed by atoms with Crippen LogP contribution >= 0.6 is 0 Å². The topological polar surface area (TPSA) is 50.9 Å². The summed E-state index contributed by atoms with van der Waals surface area (Å²) >= 11 is 0. The molecule has 2 rings (SSSR count). The van der Waals surface area contributed by atoms with Crippen LogP contribution in [0, 0.1) is 5.82 Å². The first-order valence-electron chi connectivity index (χ1n) is 6.89. The molecule has 1 heterocycles. The van der Waals surface area contributed by atoms with Crippen LogP contribution in [-0.4, -0.2) is 11.5 Å². The number of benzene rings is 1. The van der Waals surface area contributed by atoms with Crippen molar-refractivity contribution in [3.05, 3.63) is 59.5 Å². The number of nitrogens with two attached hydrogens (primary N) is 1. The van der Waals surface area contributed by atoms with E-state index in [1.807, 2.05) is 24.3 Å². The number of pyridine rings is 1. The maximum Gasteiger partial charge on any atom is 0.128 e. The fraction of sp³-hybridized carbons (Fsp3) is 0.312. The monoisotopic (exact) mass is 273 g/mol. The largest absolute Gasteiger partial charge is 0.383 e. The molecule has 4 heteroatoms. The van der Waals surface area contributed by atoms with E-state index in [1.54, 1.807) is 6.20 Å². The smallest absolute Gasteiger partial charge is 0.128 e. The Morgan fingerprint density at radius 3 is 2.65 bits per heavy atom. The molecule has 2 aromatic rings. The lowest BCUT2D eigenvalue weighted by Crippen LogP contribution is -2.25. The van der Waals surface area contributed by atoms with Gasteiger partial charge < -0.3 is 11.1 Å². The van der Waals surface area contributed by atoms with Gasteiger partial charge in [-0.25, -0.2) is 9.37 Å². The maximum atomic E-state index is 13.0. The van der Waals surface area contributed by atoms with Gasteiger partial charge in [0.05, 0.1) is 0 Å². The predicted molar refractivity (Wildman–Crippen MR) is 79.8 cm³/mol. The molecule has 3 nitrogen and oxygen atoms in total. The van der Waals surface area contributed by atoms with Crippen molar-refractivity contribution in [2.45, 2.75) is 25.8 Å². The van der Waals surface area contributed by atoms with E-state index in [0.29, 0.717) is 5.82 Å². The molecule has 1 atom stereocenters. The van der Waals surface area contributed by atoms with Crippen LogP contribution in [0.25, 0.3) is 0 Å². The number of hydrogen-bond donors (Lipinski definition) is 2. The second-order valence-electron chi connectivity index (χ2n) is 4.82. The molecule has 106 valence electrons. The lowest BCUT2D eigenvalue weighted by atomic mass is 9.99. The molecular weight excluding hydrogens is 253 g/mol. The molecule has 0 bridgehead atoms. The molecule has 1 unspecified atom stereocenters. The van der Waals surface area contributed by atoms with Crippen LogP contribution in [0.4, 0.5) is 10.2 Å². The molecule has 3 N–H and O–H groups in total. The molecule has 0 aliphatic heterocycles. The first kappa shape index (κ1) is 14.5. The van der Waals surface area contributed by atoms with Gasteiger partial charge in [-0.1, -0.05) is 25.1 Å². The minimum absolute atomic E-state index is 0.0918. The van der Waals surface area contributed by atoms with Crippen molar-refractivity contribution in [1.29, 1.82) is 0 Å². The summed E-state index contributed by atoms with van der Waals surface area (Å²) < 4.78 is 13.0. The van der Waals surface area contributed by atoms with Crippen LogP contribution in [0.15, 0.2) is 42.6 Å². The molecule has 0 radical (unpaired) electrons. The second-order valence-corrected chi connectivity index (χ2v) is 4.82. The third kappa shape index (κ3) is 3.78. The maximum absolute atomic E-state index is 13.0. The number of anilines is 1. The summed E-state index contributed by atoms with van der Waals surface area (Å²) in [6.07, 6.45) is 3.49. The van der Waals surface area contributed by atoms with Crippen LogP contribution in [0.3, 0.4) is 0 Å². The lowest BCUT2D eigenvalue weighted by Gasteiger charge is -2.20. The van der Waals surface area contributed by atoms with Gasteiger partial charge in [-0.15, -0.1) is 0 Å². The van der Waals surface area contributed by atoms with Crippen molar-refractivity contribution in [1.82, 2.24) is 10.3 Å². The Bertz CT molecular complexity index is 540. The Balaban J connectivity index is 2.19. The van der Waals surface area contributed by atoms with Gasteiger partial charge in [0.15, 0.2) is 0 Å². The van der Waals surface area contributed by atoms with E-state index in [2.05, 4.69) is 17.2 Å². The number of aromatic nitrogens is 1. The van der Waals surface area contributed by atoms with Gasteiger partial charge in [0.25, 0.3) is 0 Å². The summed E-state index contributed by atoms with van der Waals surface area (Å²) in [7, 11) is 0. The average Bonchev–Trinajstić information content (AvgIpc) is 2.46. The summed E-state index contributed by atoms with van der Waals surface area (Å²) in [6, 6.07) is 10.5. The summed E-state index contributed by atoms with van der Waals surface area (Å²) in [4.78, 5) is 4.14. The van der Waals surface area contributed by atoms with Gasteiger partial charge in [-0.3, -0.25) is 0 Å². The Labute approximate surface area is 119 Å². The molecule has 1 aromatic heterocycles. The molecule has 0 fully saturated rings. The molecule has 0 saturated carbocycles. The Morgan fingerprint density at radius 1 is 1.25 bits per heavy atom. The SMILES string of the molecule is CCCNC(Cc1ccc(F)cc1)c1cccnc1N. The van der Waals surface area contributed by atoms with E-state index in [1.165, 1.54) is 12.1 Å². The van der Waals surface area contributed by atoms with E-state index in [4.69, 9.17) is 5.73 Å². The van der Waals surface area contributed by atoms with Gasteiger partial charge in [0, 0.05) is 17.8 Å². The van der Waals surface area contributed by atoms with Crippen LogP contribution in [0.5, 0.6) is 0 Å². The summed E-state index contributed by atoms with van der Waals surface area (Å²) in [5, 5.41) is 3.48. The van der Waals surface area contributed by atoms with Crippen molar-refractivity contribution in [2.75, 3.05) is 12.3 Å². The number of nitrogens with one attached hydrogen (secondary N) is 1. The third-order valence-electron chi connectivity index (χ3n) is 3.24. The van der Waals surface area contributed by atoms with Crippen molar-refractivity contribution in [3.8, 4) is 0 Å². The average molecular weight is 273 g/mol. The van der Waals surface area contributed by atoms with Crippen LogP contribution in [0.1, 0.15) is 30.5 Å². The van der Waals surface area contributed by atoms with Gasteiger partial charge >= 0.3 is 0 Å². The zero-order valence-corrected chi connectivity index (χ0v) is 11.6. The first-order valence-corrected chi connectivity index (χ1v) is 6.89. The van der Waals surface area contributed by atoms with Crippen molar-refractivity contribution >= 4 is 5.82 Å². The molecule has 0 aliphatic carbocycles. The van der Waals surface area contributed by atoms with Crippen molar-refractivity contribution in [3.63, 3.8) is 0 Å². The predicted octanol–water partition coefficient (Wildman–Crippen LogP) is 3.09. The Kier molecular flexibility index (Phi) is 5.07. The van der Waals surface area contributed by atoms with Gasteiger partial charge in [0.1, 0.15) is 11.6 Å². The quantitative estimate of drug-likeness (QED) is 0.850. The third-order valence-corrected chi connectivity index (χ3v) is 3.24. The van der Waals surface area contributed by atoms with E-state index < -0.39 is 0 Å². The highest BCUT2D eigenvalue weighted by Crippen LogP contribution is 2.22. The van der Waals surface area contributed by atoms with E-state index in [0.717, 1.165) is 30.5 Å². The van der Waals surface area contributed by atoms with Crippen molar-refractivity contribution < 1.29 is 4.39 Å². The molecule has 0 spiro atoms. The molecule has 0 amide bonds. The Morgan fingerprint density at radius 2 is 2.00 bits per heavy atom. The molecule has 0 saturated heterocycles. The van der Waals surface area contributed by atoms with E-state index >= 15 is 0 Å². The number of nitrogen functional groups attached to an aromatic ring is 1. The minimum atomic E-state index is -0.215. The fourth-order valence-electron chi connectivity index (χ4n) is 2.19. The van der Waals surface area contributed by atoms with E-state index in [9.17, 15) is 4.39 Å². The lowest BCUT2D eigenvalue weighted by molar-refractivity contribution is 0.529. The summed E-state index contributed by atoms with van der Waals surface area (Å²) in [5.74, 6) is 0.330. The number of rotatable bonds is 6. The summed E-state index contributed by atoms with van der Waals surface area (Å²) in [5.41, 5.74) is 8.02.